The summed E-state index contributed by atoms with van der Waals surface area (Å²) in [5.41, 5.74) is 9.30. The molecule has 21 heavy (non-hydrogen) atoms. The third-order valence-electron chi connectivity index (χ3n) is 3.48. The lowest BCUT2D eigenvalue weighted by atomic mass is 10.1. The number of nitrogens with zero attached hydrogens (tertiary/aromatic N) is 2. The number of carbonyl (C=O) groups excluding carboxylic acids is 1. The van der Waals surface area contributed by atoms with E-state index in [-0.39, 0.29) is 5.91 Å². The van der Waals surface area contributed by atoms with Crippen molar-refractivity contribution in [2.45, 2.75) is 26.4 Å². The quantitative estimate of drug-likeness (QED) is 0.916. The molecule has 2 aromatic rings. The van der Waals surface area contributed by atoms with Gasteiger partial charge in [0, 0.05) is 26.3 Å². The fourth-order valence-electron chi connectivity index (χ4n) is 2.09. The predicted octanol–water partition coefficient (Wildman–Crippen LogP) is 2.37. The number of pyridine rings is 1. The average molecular weight is 283 g/mol. The summed E-state index contributed by atoms with van der Waals surface area (Å²) in [7, 11) is 1.79. The molecule has 1 aromatic heterocycles. The Kier molecular flexibility index (Phi) is 5.06. The maximum absolute atomic E-state index is 12.3. The fourth-order valence-corrected chi connectivity index (χ4v) is 2.09. The molecule has 1 heterocycles. The Morgan fingerprint density at radius 2 is 1.71 bits per heavy atom. The third-order valence-corrected chi connectivity index (χ3v) is 3.48. The van der Waals surface area contributed by atoms with Gasteiger partial charge in [-0.1, -0.05) is 37.3 Å². The van der Waals surface area contributed by atoms with Crippen LogP contribution in [0.1, 0.15) is 34.1 Å². The van der Waals surface area contributed by atoms with Crippen LogP contribution in [0.5, 0.6) is 0 Å². The predicted molar refractivity (Wildman–Crippen MR) is 83.7 cm³/mol. The first-order valence-corrected chi connectivity index (χ1v) is 7.12. The Morgan fingerprint density at radius 1 is 1.10 bits per heavy atom. The van der Waals surface area contributed by atoms with E-state index in [1.807, 2.05) is 6.07 Å². The van der Waals surface area contributed by atoms with E-state index in [4.69, 9.17) is 5.73 Å². The Balaban J connectivity index is 2.03. The van der Waals surface area contributed by atoms with E-state index in [9.17, 15) is 4.79 Å². The topological polar surface area (TPSA) is 59.2 Å². The monoisotopic (exact) mass is 283 g/mol. The van der Waals surface area contributed by atoms with E-state index in [2.05, 4.69) is 36.2 Å². The summed E-state index contributed by atoms with van der Waals surface area (Å²) < 4.78 is 0. The third kappa shape index (κ3) is 3.89. The molecule has 1 aromatic carbocycles. The summed E-state index contributed by atoms with van der Waals surface area (Å²) >= 11 is 0. The van der Waals surface area contributed by atoms with Gasteiger partial charge in [0.1, 0.15) is 5.69 Å². The average Bonchev–Trinajstić information content (AvgIpc) is 2.55. The highest BCUT2D eigenvalue weighted by molar-refractivity contribution is 5.92. The lowest BCUT2D eigenvalue weighted by Gasteiger charge is -2.17. The van der Waals surface area contributed by atoms with Gasteiger partial charge in [0.05, 0.1) is 0 Å². The number of aromatic nitrogens is 1. The van der Waals surface area contributed by atoms with Gasteiger partial charge in [0.15, 0.2) is 0 Å². The first-order chi connectivity index (χ1) is 10.1. The molecule has 4 heteroatoms. The Hall–Kier alpha value is -2.20. The Labute approximate surface area is 125 Å². The zero-order valence-corrected chi connectivity index (χ0v) is 12.5. The molecule has 0 saturated carbocycles. The van der Waals surface area contributed by atoms with E-state index in [1.165, 1.54) is 5.56 Å². The molecule has 0 unspecified atom stereocenters. The van der Waals surface area contributed by atoms with Crippen LogP contribution >= 0.6 is 0 Å². The van der Waals surface area contributed by atoms with Crippen LogP contribution in [0.15, 0.2) is 42.6 Å². The largest absolute Gasteiger partial charge is 0.336 e. The number of nitrogens with two attached hydrogens (primary N) is 1. The molecular weight excluding hydrogens is 262 g/mol. The minimum Gasteiger partial charge on any atom is -0.336 e. The van der Waals surface area contributed by atoms with Gasteiger partial charge in [0.25, 0.3) is 5.91 Å². The minimum absolute atomic E-state index is 0.0851. The summed E-state index contributed by atoms with van der Waals surface area (Å²) in [5.74, 6) is -0.0851. The van der Waals surface area contributed by atoms with Crippen LogP contribution in [0.25, 0.3) is 0 Å². The van der Waals surface area contributed by atoms with Crippen LogP contribution < -0.4 is 5.73 Å². The minimum atomic E-state index is -0.0851. The fraction of sp³-hybridized carbons (Fsp3) is 0.294. The molecule has 0 aliphatic rings. The van der Waals surface area contributed by atoms with Gasteiger partial charge in [-0.3, -0.25) is 9.78 Å². The van der Waals surface area contributed by atoms with Gasteiger partial charge in [-0.2, -0.15) is 0 Å². The van der Waals surface area contributed by atoms with Crippen LogP contribution in [0.3, 0.4) is 0 Å². The molecule has 4 nitrogen and oxygen atoms in total. The van der Waals surface area contributed by atoms with Crippen molar-refractivity contribution in [2.24, 2.45) is 5.73 Å². The zero-order chi connectivity index (χ0) is 15.2. The number of carbonyl (C=O) groups is 1. The van der Waals surface area contributed by atoms with E-state index < -0.39 is 0 Å². The number of amides is 1. The molecule has 0 bridgehead atoms. The molecule has 1 amide bonds. The second-order valence-electron chi connectivity index (χ2n) is 5.09. The van der Waals surface area contributed by atoms with Crippen molar-refractivity contribution in [1.82, 2.24) is 9.88 Å². The van der Waals surface area contributed by atoms with Gasteiger partial charge in [-0.15, -0.1) is 0 Å². The van der Waals surface area contributed by atoms with E-state index >= 15 is 0 Å². The van der Waals surface area contributed by atoms with E-state index in [0.29, 0.717) is 18.8 Å². The second kappa shape index (κ2) is 6.99. The SMILES string of the molecule is CCc1ccc(CN(C)C(=O)c2ccc(CN)cn2)cc1. The molecule has 0 spiro atoms. The van der Waals surface area contributed by atoms with Gasteiger partial charge < -0.3 is 10.6 Å². The molecule has 0 atom stereocenters. The molecule has 2 N–H and O–H groups in total. The molecule has 0 radical (unpaired) electrons. The highest BCUT2D eigenvalue weighted by Crippen LogP contribution is 2.10. The number of rotatable bonds is 5. The Morgan fingerprint density at radius 3 is 2.24 bits per heavy atom. The first-order valence-electron chi connectivity index (χ1n) is 7.12. The van der Waals surface area contributed by atoms with Crippen molar-refractivity contribution in [3.63, 3.8) is 0 Å². The van der Waals surface area contributed by atoms with Crippen LogP contribution in [-0.4, -0.2) is 22.8 Å². The van der Waals surface area contributed by atoms with Crippen LogP contribution in [0.2, 0.25) is 0 Å². The smallest absolute Gasteiger partial charge is 0.272 e. The molecule has 2 rings (SSSR count). The van der Waals surface area contributed by atoms with Crippen molar-refractivity contribution in [3.8, 4) is 0 Å². The first kappa shape index (κ1) is 15.2. The van der Waals surface area contributed by atoms with Crippen molar-refractivity contribution < 1.29 is 4.79 Å². The van der Waals surface area contributed by atoms with Crippen LogP contribution in [0, 0.1) is 0 Å². The normalized spacial score (nSPS) is 10.4. The summed E-state index contributed by atoms with van der Waals surface area (Å²) in [5, 5.41) is 0. The number of benzene rings is 1. The molecular formula is C17H21N3O. The number of hydrogen-bond donors (Lipinski definition) is 1. The highest BCUT2D eigenvalue weighted by atomic mass is 16.2. The van der Waals surface area contributed by atoms with Gasteiger partial charge in [0.2, 0.25) is 0 Å². The summed E-state index contributed by atoms with van der Waals surface area (Å²) in [6, 6.07) is 11.9. The molecule has 110 valence electrons. The molecule has 0 aliphatic carbocycles. The van der Waals surface area contributed by atoms with Gasteiger partial charge in [-0.05, 0) is 29.2 Å². The van der Waals surface area contributed by atoms with E-state index in [0.717, 1.165) is 17.5 Å². The molecule has 0 aliphatic heterocycles. The molecule has 0 fully saturated rings. The van der Waals surface area contributed by atoms with Crippen LogP contribution in [0.4, 0.5) is 0 Å². The number of aryl methyl sites for hydroxylation is 1. The maximum Gasteiger partial charge on any atom is 0.272 e. The molecule has 0 saturated heterocycles. The summed E-state index contributed by atoms with van der Waals surface area (Å²) in [4.78, 5) is 18.1. The highest BCUT2D eigenvalue weighted by Gasteiger charge is 2.13. The number of hydrogen-bond acceptors (Lipinski definition) is 3. The summed E-state index contributed by atoms with van der Waals surface area (Å²) in [6.45, 7) is 3.13. The van der Waals surface area contributed by atoms with Crippen molar-refractivity contribution >= 4 is 5.91 Å². The van der Waals surface area contributed by atoms with Gasteiger partial charge >= 0.3 is 0 Å². The van der Waals surface area contributed by atoms with Crippen LogP contribution in [-0.2, 0) is 19.5 Å². The van der Waals surface area contributed by atoms with Crippen molar-refractivity contribution in [3.05, 3.63) is 65.0 Å². The van der Waals surface area contributed by atoms with Gasteiger partial charge in [-0.25, -0.2) is 0 Å². The Bertz CT molecular complexity index is 590. The lowest BCUT2D eigenvalue weighted by molar-refractivity contribution is 0.0779. The second-order valence-corrected chi connectivity index (χ2v) is 5.09. The van der Waals surface area contributed by atoms with Crippen molar-refractivity contribution in [1.29, 1.82) is 0 Å². The zero-order valence-electron chi connectivity index (χ0n) is 12.5. The van der Waals surface area contributed by atoms with E-state index in [1.54, 1.807) is 24.2 Å². The van der Waals surface area contributed by atoms with Crippen molar-refractivity contribution in [2.75, 3.05) is 7.05 Å². The lowest BCUT2D eigenvalue weighted by Crippen LogP contribution is -2.27. The standard InChI is InChI=1S/C17H21N3O/c1-3-13-4-6-14(7-5-13)12-20(2)17(21)16-9-8-15(10-18)11-19-16/h4-9,11H,3,10,12,18H2,1-2H3. The summed E-state index contributed by atoms with van der Waals surface area (Å²) in [6.07, 6.45) is 2.67. The maximum atomic E-state index is 12.3.